The third-order valence-corrected chi connectivity index (χ3v) is 3.57. The molecule has 136 valence electrons. The number of nitrogens with one attached hydrogen (secondary N) is 3. The van der Waals surface area contributed by atoms with Crippen LogP contribution >= 0.6 is 24.8 Å². The van der Waals surface area contributed by atoms with Crippen LogP contribution in [0.4, 0.5) is 5.69 Å². The Morgan fingerprint density at radius 2 is 2.04 bits per heavy atom. The van der Waals surface area contributed by atoms with Crippen LogP contribution in [-0.4, -0.2) is 49.1 Å². The van der Waals surface area contributed by atoms with E-state index in [9.17, 15) is 9.59 Å². The van der Waals surface area contributed by atoms with Gasteiger partial charge in [-0.15, -0.1) is 24.8 Å². The molecule has 1 saturated heterocycles. The van der Waals surface area contributed by atoms with E-state index in [0.29, 0.717) is 25.4 Å². The number of pyridine rings is 1. The van der Waals surface area contributed by atoms with Crippen molar-refractivity contribution in [3.63, 3.8) is 0 Å². The van der Waals surface area contributed by atoms with Crippen molar-refractivity contribution in [2.45, 2.75) is 6.04 Å². The van der Waals surface area contributed by atoms with Crippen LogP contribution in [0.1, 0.15) is 0 Å². The van der Waals surface area contributed by atoms with Gasteiger partial charge in [0.05, 0.1) is 31.0 Å². The van der Waals surface area contributed by atoms with Crippen molar-refractivity contribution in [3.8, 4) is 0 Å². The van der Waals surface area contributed by atoms with E-state index in [2.05, 4.69) is 20.9 Å². The van der Waals surface area contributed by atoms with Crippen molar-refractivity contribution >= 4 is 53.2 Å². The summed E-state index contributed by atoms with van der Waals surface area (Å²) in [5.41, 5.74) is 1.35. The Balaban J connectivity index is 0.00000156. The minimum absolute atomic E-state index is 0. The van der Waals surface area contributed by atoms with Gasteiger partial charge in [0.2, 0.25) is 11.8 Å². The second-order valence-corrected chi connectivity index (χ2v) is 5.23. The molecule has 0 aliphatic carbocycles. The summed E-state index contributed by atoms with van der Waals surface area (Å²) in [6.45, 7) is 1.45. The Morgan fingerprint density at radius 1 is 1.24 bits per heavy atom. The normalized spacial score (nSPS) is 16.2. The molecule has 1 unspecified atom stereocenters. The zero-order valence-corrected chi connectivity index (χ0v) is 15.0. The molecule has 2 aromatic rings. The molecule has 3 N–H and O–H groups in total. The van der Waals surface area contributed by atoms with Gasteiger partial charge < -0.3 is 20.7 Å². The predicted molar refractivity (Wildman–Crippen MR) is 100 cm³/mol. The van der Waals surface area contributed by atoms with Gasteiger partial charge in [0.25, 0.3) is 0 Å². The van der Waals surface area contributed by atoms with E-state index < -0.39 is 6.04 Å². The number of amides is 2. The lowest BCUT2D eigenvalue weighted by atomic mass is 10.2. The molecule has 0 saturated carbocycles. The number of benzene rings is 1. The summed E-state index contributed by atoms with van der Waals surface area (Å²) in [5.74, 6) is -0.538. The van der Waals surface area contributed by atoms with Gasteiger partial charge in [-0.3, -0.25) is 14.6 Å². The fourth-order valence-corrected chi connectivity index (χ4v) is 2.42. The molecule has 9 heteroatoms. The first-order valence-electron chi connectivity index (χ1n) is 7.46. The Hall–Kier alpha value is -1.93. The van der Waals surface area contributed by atoms with Crippen LogP contribution in [0.2, 0.25) is 0 Å². The fourth-order valence-electron chi connectivity index (χ4n) is 2.42. The van der Waals surface area contributed by atoms with E-state index in [1.807, 2.05) is 24.3 Å². The first-order valence-corrected chi connectivity index (χ1v) is 7.46. The zero-order chi connectivity index (χ0) is 16.1. The SMILES string of the molecule is Cl.Cl.O=C(CNC(=O)C1COCCN1)Nc1cccc2cccnc12. The third kappa shape index (κ3) is 5.54. The zero-order valence-electron chi connectivity index (χ0n) is 13.4. The molecule has 1 aliphatic rings. The number of hydrogen-bond acceptors (Lipinski definition) is 5. The topological polar surface area (TPSA) is 92.4 Å². The maximum atomic E-state index is 12.0. The molecule has 1 aromatic carbocycles. The summed E-state index contributed by atoms with van der Waals surface area (Å²) in [6.07, 6.45) is 1.68. The van der Waals surface area contributed by atoms with Gasteiger partial charge in [-0.05, 0) is 12.1 Å². The third-order valence-electron chi connectivity index (χ3n) is 3.57. The molecule has 0 radical (unpaired) electrons. The van der Waals surface area contributed by atoms with Crippen LogP contribution in [0.25, 0.3) is 10.9 Å². The lowest BCUT2D eigenvalue weighted by molar-refractivity contribution is -0.128. The maximum absolute atomic E-state index is 12.0. The van der Waals surface area contributed by atoms with E-state index in [1.165, 1.54) is 0 Å². The van der Waals surface area contributed by atoms with E-state index in [0.717, 1.165) is 10.9 Å². The molecule has 0 spiro atoms. The number of morpholine rings is 1. The summed E-state index contributed by atoms with van der Waals surface area (Å²) in [4.78, 5) is 28.2. The number of nitrogens with zero attached hydrogens (tertiary/aromatic N) is 1. The molecule has 1 aliphatic heterocycles. The maximum Gasteiger partial charge on any atom is 0.243 e. The largest absolute Gasteiger partial charge is 0.378 e. The Morgan fingerprint density at radius 3 is 2.80 bits per heavy atom. The molecule has 0 bridgehead atoms. The molecule has 25 heavy (non-hydrogen) atoms. The van der Waals surface area contributed by atoms with E-state index in [-0.39, 0.29) is 43.2 Å². The average Bonchev–Trinajstić information content (AvgIpc) is 2.61. The predicted octanol–water partition coefficient (Wildman–Crippen LogP) is 1.12. The standard InChI is InChI=1S/C16H18N4O3.2ClH/c21-14(9-19-16(22)13-10-23-8-7-17-13)20-12-5-1-3-11-4-2-6-18-15(11)12;;/h1-6,13,17H,7-10H2,(H,19,22)(H,20,21);2*1H. The Bertz CT molecular complexity index is 718. The highest BCUT2D eigenvalue weighted by Gasteiger charge is 2.21. The molecule has 1 aromatic heterocycles. The molecule has 7 nitrogen and oxygen atoms in total. The Kier molecular flexibility index (Phi) is 8.57. The van der Waals surface area contributed by atoms with Gasteiger partial charge in [0.1, 0.15) is 6.04 Å². The summed E-state index contributed by atoms with van der Waals surface area (Å²) in [6, 6.07) is 8.92. The van der Waals surface area contributed by atoms with Gasteiger partial charge in [-0.2, -0.15) is 0 Å². The second kappa shape index (κ2) is 10.1. The molecule has 1 atom stereocenters. The van der Waals surface area contributed by atoms with Crippen LogP contribution in [0, 0.1) is 0 Å². The number of carbonyl (C=O) groups is 2. The smallest absolute Gasteiger partial charge is 0.243 e. The van der Waals surface area contributed by atoms with Crippen molar-refractivity contribution in [1.82, 2.24) is 15.6 Å². The van der Waals surface area contributed by atoms with Crippen molar-refractivity contribution in [1.29, 1.82) is 0 Å². The first kappa shape index (κ1) is 21.1. The van der Waals surface area contributed by atoms with Gasteiger partial charge in [-0.25, -0.2) is 0 Å². The minimum Gasteiger partial charge on any atom is -0.378 e. The average molecular weight is 387 g/mol. The monoisotopic (exact) mass is 386 g/mol. The summed E-state index contributed by atoms with van der Waals surface area (Å²) >= 11 is 0. The number of fused-ring (bicyclic) bond motifs is 1. The van der Waals surface area contributed by atoms with E-state index in [1.54, 1.807) is 12.3 Å². The molecule has 3 rings (SSSR count). The number of ether oxygens (including phenoxy) is 1. The van der Waals surface area contributed by atoms with Crippen LogP contribution in [0.3, 0.4) is 0 Å². The minimum atomic E-state index is -0.407. The van der Waals surface area contributed by atoms with Crippen molar-refractivity contribution in [2.75, 3.05) is 31.6 Å². The molecule has 2 heterocycles. The van der Waals surface area contributed by atoms with Gasteiger partial charge >= 0.3 is 0 Å². The van der Waals surface area contributed by atoms with Crippen LogP contribution < -0.4 is 16.0 Å². The van der Waals surface area contributed by atoms with Gasteiger partial charge in [-0.1, -0.05) is 18.2 Å². The van der Waals surface area contributed by atoms with Crippen molar-refractivity contribution in [3.05, 3.63) is 36.5 Å². The van der Waals surface area contributed by atoms with Crippen molar-refractivity contribution < 1.29 is 14.3 Å². The highest BCUT2D eigenvalue weighted by Crippen LogP contribution is 2.20. The molecular formula is C16H20Cl2N4O3. The summed E-state index contributed by atoms with van der Waals surface area (Å²) in [5, 5.41) is 9.36. The van der Waals surface area contributed by atoms with E-state index >= 15 is 0 Å². The van der Waals surface area contributed by atoms with Crippen LogP contribution in [0.15, 0.2) is 36.5 Å². The van der Waals surface area contributed by atoms with Crippen LogP contribution in [0.5, 0.6) is 0 Å². The number of hydrogen-bond donors (Lipinski definition) is 3. The van der Waals surface area contributed by atoms with Crippen molar-refractivity contribution in [2.24, 2.45) is 0 Å². The molecular weight excluding hydrogens is 367 g/mol. The second-order valence-electron chi connectivity index (χ2n) is 5.23. The number of para-hydroxylation sites is 1. The fraction of sp³-hybridized carbons (Fsp3) is 0.312. The lowest BCUT2D eigenvalue weighted by Crippen LogP contribution is -2.52. The number of anilines is 1. The first-order chi connectivity index (χ1) is 11.2. The number of carbonyl (C=O) groups excluding carboxylic acids is 2. The summed E-state index contributed by atoms with van der Waals surface area (Å²) < 4.78 is 5.22. The highest BCUT2D eigenvalue weighted by atomic mass is 35.5. The molecule has 2 amide bonds. The molecule has 1 fully saturated rings. The van der Waals surface area contributed by atoms with E-state index in [4.69, 9.17) is 4.74 Å². The number of halogens is 2. The number of rotatable bonds is 4. The lowest BCUT2D eigenvalue weighted by Gasteiger charge is -2.22. The summed E-state index contributed by atoms with van der Waals surface area (Å²) in [7, 11) is 0. The quantitative estimate of drug-likeness (QED) is 0.732. The van der Waals surface area contributed by atoms with Crippen LogP contribution in [-0.2, 0) is 14.3 Å². The highest BCUT2D eigenvalue weighted by molar-refractivity contribution is 6.01. The number of aromatic nitrogens is 1. The van der Waals surface area contributed by atoms with Gasteiger partial charge in [0, 0.05) is 18.1 Å². The Labute approximate surface area is 157 Å². The van der Waals surface area contributed by atoms with Gasteiger partial charge in [0.15, 0.2) is 0 Å².